The van der Waals surface area contributed by atoms with Gasteiger partial charge in [-0.2, -0.15) is 0 Å². The van der Waals surface area contributed by atoms with Crippen molar-refractivity contribution >= 4 is 22.3 Å². The number of methoxy groups -OCH3 is 1. The molecule has 0 aliphatic rings. The number of nitrogens with one attached hydrogen (secondary N) is 3. The van der Waals surface area contributed by atoms with Crippen LogP contribution in [0.1, 0.15) is 11.7 Å². The number of rotatable bonds is 10. The molecule has 4 rings (SSSR count). The molecule has 1 aromatic heterocycles. The van der Waals surface area contributed by atoms with Crippen molar-refractivity contribution in [3.8, 4) is 11.6 Å². The highest BCUT2D eigenvalue weighted by Crippen LogP contribution is 2.26. The Hall–Kier alpha value is -3.55. The van der Waals surface area contributed by atoms with Gasteiger partial charge in [0.2, 0.25) is 5.88 Å². The third kappa shape index (κ3) is 5.33. The SMILES string of the molecule is COc1n[nH]c2cc(OCCNC[C@H](O)c3cccc(Nc4ccccc4)c3)ccc12. The molecule has 160 valence electrons. The zero-order valence-corrected chi connectivity index (χ0v) is 17.3. The maximum absolute atomic E-state index is 10.5. The molecule has 7 nitrogen and oxygen atoms in total. The van der Waals surface area contributed by atoms with Crippen LogP contribution in [-0.2, 0) is 0 Å². The fourth-order valence-corrected chi connectivity index (χ4v) is 3.33. The molecule has 3 aromatic carbocycles. The van der Waals surface area contributed by atoms with Gasteiger partial charge in [0.1, 0.15) is 12.4 Å². The van der Waals surface area contributed by atoms with E-state index in [9.17, 15) is 5.11 Å². The van der Waals surface area contributed by atoms with Gasteiger partial charge in [0, 0.05) is 30.5 Å². The number of aromatic nitrogens is 2. The minimum atomic E-state index is -0.605. The maximum atomic E-state index is 10.5. The number of anilines is 2. The molecule has 31 heavy (non-hydrogen) atoms. The minimum absolute atomic E-state index is 0.439. The zero-order valence-electron chi connectivity index (χ0n) is 17.3. The second-order valence-corrected chi connectivity index (χ2v) is 7.13. The van der Waals surface area contributed by atoms with Gasteiger partial charge in [0.15, 0.2) is 0 Å². The van der Waals surface area contributed by atoms with Gasteiger partial charge in [-0.15, -0.1) is 5.10 Å². The molecule has 0 unspecified atom stereocenters. The molecule has 0 bridgehead atoms. The van der Waals surface area contributed by atoms with Crippen molar-refractivity contribution in [2.75, 3.05) is 32.1 Å². The molecule has 1 heterocycles. The molecular weight excluding hydrogens is 392 g/mol. The van der Waals surface area contributed by atoms with Gasteiger partial charge in [-0.25, -0.2) is 0 Å². The van der Waals surface area contributed by atoms with E-state index >= 15 is 0 Å². The Labute approximate surface area is 181 Å². The summed E-state index contributed by atoms with van der Waals surface area (Å²) in [4.78, 5) is 0. The highest BCUT2D eigenvalue weighted by Gasteiger charge is 2.09. The Morgan fingerprint density at radius 2 is 1.84 bits per heavy atom. The third-order valence-electron chi connectivity index (χ3n) is 4.91. The van der Waals surface area contributed by atoms with Crippen LogP contribution < -0.4 is 20.1 Å². The van der Waals surface area contributed by atoms with E-state index in [1.54, 1.807) is 7.11 Å². The fraction of sp³-hybridized carbons (Fsp3) is 0.208. The summed E-state index contributed by atoms with van der Waals surface area (Å²) in [6.07, 6.45) is -0.605. The van der Waals surface area contributed by atoms with E-state index in [0.717, 1.165) is 33.6 Å². The molecule has 0 spiro atoms. The smallest absolute Gasteiger partial charge is 0.240 e. The second-order valence-electron chi connectivity index (χ2n) is 7.13. The van der Waals surface area contributed by atoms with Crippen LogP contribution in [0.5, 0.6) is 11.6 Å². The van der Waals surface area contributed by atoms with Crippen LogP contribution in [0.15, 0.2) is 72.8 Å². The van der Waals surface area contributed by atoms with E-state index in [2.05, 4.69) is 20.8 Å². The molecule has 4 N–H and O–H groups in total. The van der Waals surface area contributed by atoms with Gasteiger partial charge in [0.25, 0.3) is 0 Å². The van der Waals surface area contributed by atoms with Gasteiger partial charge in [0.05, 0.1) is 24.1 Å². The molecule has 0 saturated carbocycles. The Morgan fingerprint density at radius 1 is 1.00 bits per heavy atom. The van der Waals surface area contributed by atoms with Crippen LogP contribution in [0.4, 0.5) is 11.4 Å². The summed E-state index contributed by atoms with van der Waals surface area (Å²) < 4.78 is 11.0. The topological polar surface area (TPSA) is 91.4 Å². The summed E-state index contributed by atoms with van der Waals surface area (Å²) >= 11 is 0. The Kier molecular flexibility index (Phi) is 6.66. The normalized spacial score (nSPS) is 11.9. The molecule has 0 aliphatic carbocycles. The monoisotopic (exact) mass is 418 g/mol. The summed E-state index contributed by atoms with van der Waals surface area (Å²) in [5.41, 5.74) is 3.67. The highest BCUT2D eigenvalue weighted by atomic mass is 16.5. The van der Waals surface area contributed by atoms with Crippen LogP contribution in [0.2, 0.25) is 0 Å². The lowest BCUT2D eigenvalue weighted by Crippen LogP contribution is -2.26. The van der Waals surface area contributed by atoms with Crippen LogP contribution in [-0.4, -0.2) is 42.1 Å². The molecule has 0 saturated heterocycles. The van der Waals surface area contributed by atoms with Crippen molar-refractivity contribution in [3.63, 3.8) is 0 Å². The first-order valence-electron chi connectivity index (χ1n) is 10.2. The highest BCUT2D eigenvalue weighted by molar-refractivity contribution is 5.85. The number of aliphatic hydroxyl groups is 1. The Bertz CT molecular complexity index is 1110. The van der Waals surface area contributed by atoms with Crippen molar-refractivity contribution in [1.82, 2.24) is 15.5 Å². The number of ether oxygens (including phenoxy) is 2. The third-order valence-corrected chi connectivity index (χ3v) is 4.91. The number of benzene rings is 3. The molecule has 0 aliphatic heterocycles. The van der Waals surface area contributed by atoms with Gasteiger partial charge in [-0.1, -0.05) is 30.3 Å². The number of nitrogens with zero attached hydrogens (tertiary/aromatic N) is 1. The number of fused-ring (bicyclic) bond motifs is 1. The van der Waals surface area contributed by atoms with Gasteiger partial charge >= 0.3 is 0 Å². The van der Waals surface area contributed by atoms with Crippen LogP contribution in [0, 0.1) is 0 Å². The van der Waals surface area contributed by atoms with E-state index in [4.69, 9.17) is 9.47 Å². The molecular formula is C24H26N4O3. The first kappa shape index (κ1) is 20.7. The van der Waals surface area contributed by atoms with Crippen molar-refractivity contribution in [3.05, 3.63) is 78.4 Å². The predicted octanol–water partition coefficient (Wildman–Crippen LogP) is 4.02. The summed E-state index contributed by atoms with van der Waals surface area (Å²) in [7, 11) is 1.59. The van der Waals surface area contributed by atoms with E-state index in [1.165, 1.54) is 0 Å². The minimum Gasteiger partial charge on any atom is -0.492 e. The van der Waals surface area contributed by atoms with Crippen molar-refractivity contribution < 1.29 is 14.6 Å². The second kappa shape index (κ2) is 9.97. The van der Waals surface area contributed by atoms with Gasteiger partial charge < -0.3 is 25.2 Å². The summed E-state index contributed by atoms with van der Waals surface area (Å²) in [5, 5.41) is 25.0. The lowest BCUT2D eigenvalue weighted by Gasteiger charge is -2.14. The van der Waals surface area contributed by atoms with Gasteiger partial charge in [-0.05, 0) is 42.0 Å². The molecule has 4 aromatic rings. The van der Waals surface area contributed by atoms with E-state index in [1.807, 2.05) is 72.8 Å². The number of para-hydroxylation sites is 1. The predicted molar refractivity (Wildman–Crippen MR) is 122 cm³/mol. The number of aliphatic hydroxyl groups excluding tert-OH is 1. The van der Waals surface area contributed by atoms with E-state index < -0.39 is 6.10 Å². The van der Waals surface area contributed by atoms with Crippen LogP contribution in [0.25, 0.3) is 10.9 Å². The van der Waals surface area contributed by atoms with Crippen molar-refractivity contribution in [2.24, 2.45) is 0 Å². The number of hydrogen-bond acceptors (Lipinski definition) is 6. The number of aromatic amines is 1. The Balaban J connectivity index is 1.23. The van der Waals surface area contributed by atoms with Crippen LogP contribution in [0.3, 0.4) is 0 Å². The summed E-state index contributed by atoms with van der Waals surface area (Å²) in [6, 6.07) is 23.5. The molecule has 0 radical (unpaired) electrons. The van der Waals surface area contributed by atoms with E-state index in [0.29, 0.717) is 25.6 Å². The standard InChI is InChI=1S/C24H26N4O3/c1-30-24-21-11-10-20(15-22(21)27-28-24)31-13-12-25-16-23(29)17-6-5-9-19(14-17)26-18-7-3-2-4-8-18/h2-11,14-15,23,25-26,29H,12-13,16H2,1H3,(H,27,28)/t23-/m0/s1. The van der Waals surface area contributed by atoms with Crippen molar-refractivity contribution in [1.29, 1.82) is 0 Å². The average molecular weight is 418 g/mol. The average Bonchev–Trinajstić information content (AvgIpc) is 3.22. The Morgan fingerprint density at radius 3 is 2.68 bits per heavy atom. The molecule has 1 atom stereocenters. The first-order valence-corrected chi connectivity index (χ1v) is 10.2. The fourth-order valence-electron chi connectivity index (χ4n) is 3.33. The largest absolute Gasteiger partial charge is 0.492 e. The molecule has 0 fully saturated rings. The lowest BCUT2D eigenvalue weighted by molar-refractivity contribution is 0.172. The maximum Gasteiger partial charge on any atom is 0.240 e. The number of H-pyrrole nitrogens is 1. The number of hydrogen-bond donors (Lipinski definition) is 4. The summed E-state index contributed by atoms with van der Waals surface area (Å²) in [5.74, 6) is 1.32. The first-order chi connectivity index (χ1) is 15.2. The van der Waals surface area contributed by atoms with Crippen molar-refractivity contribution in [2.45, 2.75) is 6.10 Å². The van der Waals surface area contributed by atoms with Crippen LogP contribution >= 0.6 is 0 Å². The molecule has 0 amide bonds. The van der Waals surface area contributed by atoms with Gasteiger partial charge in [-0.3, -0.25) is 5.10 Å². The lowest BCUT2D eigenvalue weighted by atomic mass is 10.1. The summed E-state index contributed by atoms with van der Waals surface area (Å²) in [6.45, 7) is 1.54. The zero-order chi connectivity index (χ0) is 21.5. The van der Waals surface area contributed by atoms with E-state index in [-0.39, 0.29) is 0 Å². The molecule has 7 heteroatoms. The quantitative estimate of drug-likeness (QED) is 0.291.